The molecule has 4 nitrogen and oxygen atoms in total. The second-order valence-corrected chi connectivity index (χ2v) is 6.60. The van der Waals surface area contributed by atoms with Gasteiger partial charge in [-0.25, -0.2) is 13.6 Å². The molecular weight excluding hydrogens is 326 g/mol. The molecule has 2 N–H and O–H groups in total. The number of hydrogen-bond acceptors (Lipinski definition) is 2. The monoisotopic (exact) mass is 348 g/mol. The minimum Gasteiger partial charge on any atom is -0.492 e. The van der Waals surface area contributed by atoms with Crippen molar-refractivity contribution in [3.63, 3.8) is 0 Å². The second kappa shape index (κ2) is 7.96. The highest BCUT2D eigenvalue weighted by atomic mass is 19.2. The van der Waals surface area contributed by atoms with Crippen molar-refractivity contribution in [2.45, 2.75) is 26.2 Å². The van der Waals surface area contributed by atoms with Gasteiger partial charge in [-0.1, -0.05) is 39.0 Å². The molecule has 0 atom stereocenters. The Labute approximate surface area is 146 Å². The number of carbonyl (C=O) groups excluding carboxylic acids is 1. The van der Waals surface area contributed by atoms with Gasteiger partial charge < -0.3 is 15.4 Å². The molecule has 0 bridgehead atoms. The zero-order chi connectivity index (χ0) is 18.4. The van der Waals surface area contributed by atoms with Gasteiger partial charge in [0.2, 0.25) is 0 Å². The van der Waals surface area contributed by atoms with E-state index in [1.165, 1.54) is 6.07 Å². The summed E-state index contributed by atoms with van der Waals surface area (Å²) < 4.78 is 31.2. The predicted octanol–water partition coefficient (Wildman–Crippen LogP) is 4.46. The van der Waals surface area contributed by atoms with E-state index in [1.807, 2.05) is 24.3 Å². The number of hydrogen-bond donors (Lipinski definition) is 2. The maximum absolute atomic E-state index is 13.1. The largest absolute Gasteiger partial charge is 0.492 e. The van der Waals surface area contributed by atoms with Crippen LogP contribution in [0.3, 0.4) is 0 Å². The average Bonchev–Trinajstić information content (AvgIpc) is 2.54. The molecule has 0 unspecified atom stereocenters. The van der Waals surface area contributed by atoms with Gasteiger partial charge in [-0.2, -0.15) is 0 Å². The van der Waals surface area contributed by atoms with Crippen LogP contribution in [0.1, 0.15) is 26.3 Å². The van der Waals surface area contributed by atoms with Crippen molar-refractivity contribution in [2.24, 2.45) is 0 Å². The normalized spacial score (nSPS) is 11.1. The van der Waals surface area contributed by atoms with Crippen LogP contribution in [0.5, 0.6) is 5.75 Å². The summed E-state index contributed by atoms with van der Waals surface area (Å²) in [6.07, 6.45) is 0. The second-order valence-electron chi connectivity index (χ2n) is 6.60. The Morgan fingerprint density at radius 3 is 2.48 bits per heavy atom. The van der Waals surface area contributed by atoms with Crippen molar-refractivity contribution in [1.82, 2.24) is 5.32 Å². The van der Waals surface area contributed by atoms with Crippen molar-refractivity contribution < 1.29 is 18.3 Å². The molecule has 0 aliphatic carbocycles. The van der Waals surface area contributed by atoms with Gasteiger partial charge in [-0.15, -0.1) is 0 Å². The minimum atomic E-state index is -0.970. The summed E-state index contributed by atoms with van der Waals surface area (Å²) in [4.78, 5) is 12.0. The average molecular weight is 348 g/mol. The number of anilines is 1. The van der Waals surface area contributed by atoms with Crippen molar-refractivity contribution in [3.05, 3.63) is 59.7 Å². The standard InChI is InChI=1S/C19H22F2N2O2/c1-19(2,3)14-6-4-5-7-17(14)23-18(24)22-10-11-25-13-8-9-15(20)16(21)12-13/h4-9,12H,10-11H2,1-3H3,(H2,22,23,24). The van der Waals surface area contributed by atoms with Gasteiger partial charge >= 0.3 is 6.03 Å². The summed E-state index contributed by atoms with van der Waals surface area (Å²) in [5.74, 6) is -1.69. The lowest BCUT2D eigenvalue weighted by Gasteiger charge is -2.23. The fourth-order valence-corrected chi connectivity index (χ4v) is 2.31. The van der Waals surface area contributed by atoms with Gasteiger partial charge in [0.25, 0.3) is 0 Å². The molecule has 2 rings (SSSR count). The lowest BCUT2D eigenvalue weighted by Crippen LogP contribution is -2.33. The van der Waals surface area contributed by atoms with Crippen LogP contribution in [0, 0.1) is 11.6 Å². The summed E-state index contributed by atoms with van der Waals surface area (Å²) >= 11 is 0. The van der Waals surface area contributed by atoms with E-state index in [4.69, 9.17) is 4.74 Å². The topological polar surface area (TPSA) is 50.4 Å². The highest BCUT2D eigenvalue weighted by Gasteiger charge is 2.18. The first-order valence-corrected chi connectivity index (χ1v) is 7.99. The van der Waals surface area contributed by atoms with Gasteiger partial charge in [0.15, 0.2) is 11.6 Å². The van der Waals surface area contributed by atoms with E-state index < -0.39 is 11.6 Å². The first kappa shape index (κ1) is 18.7. The third-order valence-electron chi connectivity index (χ3n) is 3.53. The molecule has 0 saturated heterocycles. The van der Waals surface area contributed by atoms with Crippen LogP contribution in [0.4, 0.5) is 19.3 Å². The Hall–Kier alpha value is -2.63. The van der Waals surface area contributed by atoms with E-state index >= 15 is 0 Å². The SMILES string of the molecule is CC(C)(C)c1ccccc1NC(=O)NCCOc1ccc(F)c(F)c1. The summed E-state index contributed by atoms with van der Waals surface area (Å²) in [5, 5.41) is 5.48. The van der Waals surface area contributed by atoms with Gasteiger partial charge in [0.05, 0.1) is 6.54 Å². The number of nitrogens with one attached hydrogen (secondary N) is 2. The number of benzene rings is 2. The van der Waals surface area contributed by atoms with Crippen molar-refractivity contribution >= 4 is 11.7 Å². The number of rotatable bonds is 5. The number of urea groups is 1. The molecule has 0 spiro atoms. The van der Waals surface area contributed by atoms with Crippen molar-refractivity contribution in [1.29, 1.82) is 0 Å². The third kappa shape index (κ3) is 5.45. The Balaban J connectivity index is 1.82. The Morgan fingerprint density at radius 2 is 1.80 bits per heavy atom. The molecule has 2 amide bonds. The van der Waals surface area contributed by atoms with E-state index in [0.29, 0.717) is 0 Å². The molecule has 0 heterocycles. The maximum Gasteiger partial charge on any atom is 0.319 e. The molecule has 0 saturated carbocycles. The Kier molecular flexibility index (Phi) is 5.96. The van der Waals surface area contributed by atoms with E-state index in [-0.39, 0.29) is 30.3 Å². The highest BCUT2D eigenvalue weighted by Crippen LogP contribution is 2.29. The molecular formula is C19H22F2N2O2. The summed E-state index contributed by atoms with van der Waals surface area (Å²) in [6.45, 7) is 6.57. The van der Waals surface area contributed by atoms with Crippen LogP contribution >= 0.6 is 0 Å². The number of halogens is 2. The molecule has 0 aromatic heterocycles. The van der Waals surface area contributed by atoms with E-state index in [0.717, 1.165) is 23.4 Å². The van der Waals surface area contributed by atoms with E-state index in [2.05, 4.69) is 31.4 Å². The first-order chi connectivity index (χ1) is 11.8. The smallest absolute Gasteiger partial charge is 0.319 e. The molecule has 2 aromatic rings. The predicted molar refractivity (Wildman–Crippen MR) is 94.0 cm³/mol. The van der Waals surface area contributed by atoms with Gasteiger partial charge in [0.1, 0.15) is 12.4 Å². The third-order valence-corrected chi connectivity index (χ3v) is 3.53. The van der Waals surface area contributed by atoms with Crippen LogP contribution in [0.2, 0.25) is 0 Å². The van der Waals surface area contributed by atoms with Crippen LogP contribution in [0.15, 0.2) is 42.5 Å². The van der Waals surface area contributed by atoms with Crippen LogP contribution in [0.25, 0.3) is 0 Å². The molecule has 2 aromatic carbocycles. The zero-order valence-corrected chi connectivity index (χ0v) is 14.5. The van der Waals surface area contributed by atoms with Gasteiger partial charge in [0, 0.05) is 11.8 Å². The quantitative estimate of drug-likeness (QED) is 0.784. The maximum atomic E-state index is 13.1. The van der Waals surface area contributed by atoms with Crippen LogP contribution in [-0.2, 0) is 5.41 Å². The molecule has 134 valence electrons. The number of amides is 2. The molecule has 25 heavy (non-hydrogen) atoms. The minimum absolute atomic E-state index is 0.0976. The lowest BCUT2D eigenvalue weighted by molar-refractivity contribution is 0.247. The van der Waals surface area contributed by atoms with E-state index in [9.17, 15) is 13.6 Å². The fraction of sp³-hybridized carbons (Fsp3) is 0.316. The lowest BCUT2D eigenvalue weighted by atomic mass is 9.86. The fourth-order valence-electron chi connectivity index (χ4n) is 2.31. The molecule has 0 aliphatic rings. The summed E-state index contributed by atoms with van der Waals surface area (Å²) in [7, 11) is 0. The van der Waals surface area contributed by atoms with Crippen LogP contribution in [-0.4, -0.2) is 19.2 Å². The number of carbonyl (C=O) groups is 1. The Bertz CT molecular complexity index is 742. The highest BCUT2D eigenvalue weighted by molar-refractivity contribution is 5.90. The van der Waals surface area contributed by atoms with Gasteiger partial charge in [-0.3, -0.25) is 0 Å². The summed E-state index contributed by atoms with van der Waals surface area (Å²) in [6, 6.07) is 10.5. The zero-order valence-electron chi connectivity index (χ0n) is 14.5. The van der Waals surface area contributed by atoms with Crippen molar-refractivity contribution in [3.8, 4) is 5.75 Å². The van der Waals surface area contributed by atoms with Gasteiger partial charge in [-0.05, 0) is 29.2 Å². The molecule has 6 heteroatoms. The Morgan fingerprint density at radius 1 is 1.08 bits per heavy atom. The molecule has 0 fully saturated rings. The van der Waals surface area contributed by atoms with Crippen molar-refractivity contribution in [2.75, 3.05) is 18.5 Å². The summed E-state index contributed by atoms with van der Waals surface area (Å²) in [5.41, 5.74) is 1.68. The number of para-hydroxylation sites is 1. The molecule has 0 radical (unpaired) electrons. The van der Waals surface area contributed by atoms with Crippen LogP contribution < -0.4 is 15.4 Å². The molecule has 0 aliphatic heterocycles. The first-order valence-electron chi connectivity index (χ1n) is 7.99. The number of ether oxygens (including phenoxy) is 1. The van der Waals surface area contributed by atoms with E-state index in [1.54, 1.807) is 0 Å².